The zero-order valence-corrected chi connectivity index (χ0v) is 12.5. The van der Waals surface area contributed by atoms with Crippen molar-refractivity contribution in [1.82, 2.24) is 0 Å². The van der Waals surface area contributed by atoms with Crippen molar-refractivity contribution in [2.45, 2.75) is 6.10 Å². The molecule has 1 atom stereocenters. The van der Waals surface area contributed by atoms with Gasteiger partial charge in [-0.2, -0.15) is 0 Å². The Bertz CT molecular complexity index is 785. The van der Waals surface area contributed by atoms with Gasteiger partial charge in [0, 0.05) is 5.39 Å². The maximum Gasteiger partial charge on any atom is 0.153 e. The predicted molar refractivity (Wildman–Crippen MR) is 79.4 cm³/mol. The molecule has 2 nitrogen and oxygen atoms in total. The number of halogens is 3. The van der Waals surface area contributed by atoms with Gasteiger partial charge in [0.2, 0.25) is 0 Å². The minimum atomic E-state index is -0.977. The van der Waals surface area contributed by atoms with E-state index in [-0.39, 0.29) is 5.82 Å². The van der Waals surface area contributed by atoms with E-state index in [1.165, 1.54) is 18.2 Å². The van der Waals surface area contributed by atoms with Crippen LogP contribution in [0.3, 0.4) is 0 Å². The number of para-hydroxylation sites is 1. The molecule has 0 aliphatic rings. The molecular formula is C15H9BrClFO2. The second-order valence-corrected chi connectivity index (χ2v) is 5.64. The van der Waals surface area contributed by atoms with Gasteiger partial charge in [0.05, 0.1) is 9.50 Å². The van der Waals surface area contributed by atoms with E-state index in [0.717, 1.165) is 5.39 Å². The van der Waals surface area contributed by atoms with E-state index in [1.54, 1.807) is 12.1 Å². The van der Waals surface area contributed by atoms with Crippen molar-refractivity contribution in [3.8, 4) is 0 Å². The average molecular weight is 356 g/mol. The van der Waals surface area contributed by atoms with E-state index in [9.17, 15) is 9.50 Å². The molecule has 1 aromatic heterocycles. The summed E-state index contributed by atoms with van der Waals surface area (Å²) in [5.41, 5.74) is 1.07. The molecular weight excluding hydrogens is 347 g/mol. The molecule has 0 saturated heterocycles. The maximum atomic E-state index is 13.2. The summed E-state index contributed by atoms with van der Waals surface area (Å²) in [5, 5.41) is 11.6. The molecule has 1 N–H and O–H groups in total. The molecule has 0 radical (unpaired) electrons. The Morgan fingerprint density at radius 2 is 2.00 bits per heavy atom. The number of furan rings is 1. The highest BCUT2D eigenvalue weighted by Gasteiger charge is 2.17. The average Bonchev–Trinajstić information content (AvgIpc) is 2.86. The number of hydrogen-bond acceptors (Lipinski definition) is 2. The Labute approximate surface area is 127 Å². The van der Waals surface area contributed by atoms with Crippen LogP contribution in [0.2, 0.25) is 5.02 Å². The van der Waals surface area contributed by atoms with Crippen LogP contribution in [0.15, 0.2) is 51.4 Å². The molecule has 1 unspecified atom stereocenters. The predicted octanol–water partition coefficient (Wildman–Crippen LogP) is 5.07. The molecule has 0 spiro atoms. The molecule has 0 saturated carbocycles. The van der Waals surface area contributed by atoms with Crippen LogP contribution < -0.4 is 0 Å². The van der Waals surface area contributed by atoms with E-state index in [0.29, 0.717) is 26.4 Å². The largest absolute Gasteiger partial charge is 0.456 e. The minimum absolute atomic E-state index is 0.295. The molecule has 3 aromatic rings. The summed E-state index contributed by atoms with van der Waals surface area (Å²) in [6, 6.07) is 11.4. The van der Waals surface area contributed by atoms with Crippen LogP contribution in [0.5, 0.6) is 0 Å². The van der Waals surface area contributed by atoms with Crippen LogP contribution >= 0.6 is 27.5 Å². The Morgan fingerprint density at radius 3 is 2.70 bits per heavy atom. The monoisotopic (exact) mass is 354 g/mol. The first-order chi connectivity index (χ1) is 9.56. The fraction of sp³-hybridized carbons (Fsp3) is 0.0667. The standard InChI is InChI=1S/C15H9BrClFO2/c16-10-6-8(4-5-12(10)18)14(19)13-7-9-2-1-3-11(17)15(9)20-13/h1-7,14,19H. The molecule has 0 amide bonds. The normalized spacial score (nSPS) is 12.8. The van der Waals surface area contributed by atoms with E-state index < -0.39 is 6.10 Å². The van der Waals surface area contributed by atoms with E-state index >= 15 is 0 Å². The Kier molecular flexibility index (Phi) is 3.54. The SMILES string of the molecule is OC(c1ccc(F)c(Br)c1)c1cc2cccc(Cl)c2o1. The van der Waals surface area contributed by atoms with Crippen molar-refractivity contribution < 1.29 is 13.9 Å². The second-order valence-electron chi connectivity index (χ2n) is 4.38. The van der Waals surface area contributed by atoms with E-state index in [4.69, 9.17) is 16.0 Å². The Balaban J connectivity index is 2.05. The third-order valence-corrected chi connectivity index (χ3v) is 3.95. The van der Waals surface area contributed by atoms with Crippen molar-refractivity contribution in [3.05, 3.63) is 69.1 Å². The summed E-state index contributed by atoms with van der Waals surface area (Å²) in [5.74, 6) is -0.0137. The van der Waals surface area contributed by atoms with Crippen molar-refractivity contribution in [3.63, 3.8) is 0 Å². The summed E-state index contributed by atoms with van der Waals surface area (Å²) in [6.45, 7) is 0. The van der Waals surface area contributed by atoms with Crippen molar-refractivity contribution in [1.29, 1.82) is 0 Å². The summed E-state index contributed by atoms with van der Waals surface area (Å²) >= 11 is 9.13. The van der Waals surface area contributed by atoms with Gasteiger partial charge in [-0.1, -0.05) is 29.8 Å². The van der Waals surface area contributed by atoms with Crippen LogP contribution in [-0.2, 0) is 0 Å². The second kappa shape index (κ2) is 5.20. The van der Waals surface area contributed by atoms with Gasteiger partial charge in [-0.15, -0.1) is 0 Å². The topological polar surface area (TPSA) is 33.4 Å². The van der Waals surface area contributed by atoms with Crippen LogP contribution in [0, 0.1) is 5.82 Å². The van der Waals surface area contributed by atoms with E-state index in [1.807, 2.05) is 12.1 Å². The van der Waals surface area contributed by atoms with Crippen LogP contribution in [0.1, 0.15) is 17.4 Å². The maximum absolute atomic E-state index is 13.2. The summed E-state index contributed by atoms with van der Waals surface area (Å²) in [4.78, 5) is 0. The highest BCUT2D eigenvalue weighted by Crippen LogP contribution is 2.32. The number of rotatable bonds is 2. The third-order valence-electron chi connectivity index (χ3n) is 3.04. The number of fused-ring (bicyclic) bond motifs is 1. The highest BCUT2D eigenvalue weighted by molar-refractivity contribution is 9.10. The molecule has 0 bridgehead atoms. The molecule has 0 fully saturated rings. The molecule has 1 heterocycles. The number of hydrogen-bond donors (Lipinski definition) is 1. The summed E-state index contributed by atoms with van der Waals surface area (Å²) in [6.07, 6.45) is -0.977. The summed E-state index contributed by atoms with van der Waals surface area (Å²) < 4.78 is 19.1. The van der Waals surface area contributed by atoms with Gasteiger partial charge in [-0.05, 0) is 45.8 Å². The lowest BCUT2D eigenvalue weighted by Crippen LogP contribution is -1.98. The first kappa shape index (κ1) is 13.6. The molecule has 0 aliphatic heterocycles. The van der Waals surface area contributed by atoms with Gasteiger partial charge in [0.15, 0.2) is 5.58 Å². The van der Waals surface area contributed by atoms with Crippen molar-refractivity contribution >= 4 is 38.5 Å². The quantitative estimate of drug-likeness (QED) is 0.696. The molecule has 0 aliphatic carbocycles. The fourth-order valence-corrected chi connectivity index (χ4v) is 2.65. The Hall–Kier alpha value is -1.36. The summed E-state index contributed by atoms with van der Waals surface area (Å²) in [7, 11) is 0. The van der Waals surface area contributed by atoms with Crippen LogP contribution in [0.25, 0.3) is 11.0 Å². The van der Waals surface area contributed by atoms with Gasteiger partial charge < -0.3 is 9.52 Å². The lowest BCUT2D eigenvalue weighted by molar-refractivity contribution is 0.192. The minimum Gasteiger partial charge on any atom is -0.456 e. The van der Waals surface area contributed by atoms with Gasteiger partial charge in [-0.25, -0.2) is 4.39 Å². The lowest BCUT2D eigenvalue weighted by atomic mass is 10.1. The lowest BCUT2D eigenvalue weighted by Gasteiger charge is -2.08. The first-order valence-corrected chi connectivity index (χ1v) is 7.04. The van der Waals surface area contributed by atoms with Crippen molar-refractivity contribution in [2.75, 3.05) is 0 Å². The Morgan fingerprint density at radius 1 is 1.20 bits per heavy atom. The van der Waals surface area contributed by atoms with Gasteiger partial charge >= 0.3 is 0 Å². The van der Waals surface area contributed by atoms with Crippen LogP contribution in [-0.4, -0.2) is 5.11 Å². The highest BCUT2D eigenvalue weighted by atomic mass is 79.9. The van der Waals surface area contributed by atoms with Gasteiger partial charge in [-0.3, -0.25) is 0 Å². The fourth-order valence-electron chi connectivity index (χ4n) is 2.03. The van der Waals surface area contributed by atoms with Crippen molar-refractivity contribution in [2.24, 2.45) is 0 Å². The number of aliphatic hydroxyl groups excluding tert-OH is 1. The molecule has 102 valence electrons. The molecule has 2 aromatic carbocycles. The third kappa shape index (κ3) is 2.35. The number of benzene rings is 2. The number of aliphatic hydroxyl groups is 1. The smallest absolute Gasteiger partial charge is 0.153 e. The molecule has 20 heavy (non-hydrogen) atoms. The van der Waals surface area contributed by atoms with Gasteiger partial charge in [0.25, 0.3) is 0 Å². The molecule has 5 heteroatoms. The van der Waals surface area contributed by atoms with E-state index in [2.05, 4.69) is 15.9 Å². The van der Waals surface area contributed by atoms with Crippen LogP contribution in [0.4, 0.5) is 4.39 Å². The zero-order chi connectivity index (χ0) is 14.3. The van der Waals surface area contributed by atoms with Gasteiger partial charge in [0.1, 0.15) is 17.7 Å². The first-order valence-electron chi connectivity index (χ1n) is 5.87. The molecule has 3 rings (SSSR count). The zero-order valence-electron chi connectivity index (χ0n) is 10.1.